The minimum Gasteiger partial charge on any atom is -0.465 e. The molecule has 0 unspecified atom stereocenters. The highest BCUT2D eigenvalue weighted by molar-refractivity contribution is 7.10. The highest BCUT2D eigenvalue weighted by atomic mass is 32.1. The molecule has 0 N–H and O–H groups in total. The van der Waals surface area contributed by atoms with Crippen LogP contribution in [0.3, 0.4) is 0 Å². The van der Waals surface area contributed by atoms with Crippen molar-refractivity contribution in [3.63, 3.8) is 0 Å². The van der Waals surface area contributed by atoms with Crippen molar-refractivity contribution in [3.8, 4) is 0 Å². The van der Waals surface area contributed by atoms with E-state index in [-0.39, 0.29) is 0 Å². The minimum atomic E-state index is 0.749. The minimum absolute atomic E-state index is 0.749. The van der Waals surface area contributed by atoms with Crippen molar-refractivity contribution in [2.45, 2.75) is 33.2 Å². The van der Waals surface area contributed by atoms with Crippen LogP contribution in [0.15, 0.2) is 16.4 Å². The van der Waals surface area contributed by atoms with Gasteiger partial charge in [-0.1, -0.05) is 13.8 Å². The van der Waals surface area contributed by atoms with Crippen LogP contribution < -0.4 is 0 Å². The topological polar surface area (TPSA) is 24.8 Å². The summed E-state index contributed by atoms with van der Waals surface area (Å²) in [5.74, 6) is 0. The van der Waals surface area contributed by atoms with Gasteiger partial charge < -0.3 is 9.64 Å². The van der Waals surface area contributed by atoms with Gasteiger partial charge in [-0.3, -0.25) is 0 Å². The molecule has 0 bridgehead atoms. The highest BCUT2D eigenvalue weighted by Gasteiger charge is 2.20. The van der Waals surface area contributed by atoms with E-state index in [2.05, 4.69) is 35.2 Å². The lowest BCUT2D eigenvalue weighted by Gasteiger charge is -2.27. The molecule has 88 valence electrons. The van der Waals surface area contributed by atoms with Gasteiger partial charge >= 0.3 is 0 Å². The number of thiophene rings is 1. The maximum atomic E-state index is 5.70. The molecule has 0 aromatic carbocycles. The number of amidine groups is 1. The highest BCUT2D eigenvalue weighted by Crippen LogP contribution is 2.31. The standard InChI is InChI=1S/C12H18N2OS/c1-3-6-14-9-11-10(5-8-16-11)13-12(14)15-7-4-2/h5,8H,3-4,6-7,9H2,1-2H3. The lowest BCUT2D eigenvalue weighted by atomic mass is 10.3. The summed E-state index contributed by atoms with van der Waals surface area (Å²) < 4.78 is 5.70. The molecule has 0 spiro atoms. The van der Waals surface area contributed by atoms with Crippen LogP contribution in [0.25, 0.3) is 0 Å². The van der Waals surface area contributed by atoms with Crippen molar-refractivity contribution in [2.75, 3.05) is 13.2 Å². The predicted octanol–water partition coefficient (Wildman–Crippen LogP) is 3.39. The van der Waals surface area contributed by atoms with Crippen LogP contribution in [0.1, 0.15) is 31.6 Å². The summed E-state index contributed by atoms with van der Waals surface area (Å²) in [4.78, 5) is 8.15. The monoisotopic (exact) mass is 238 g/mol. The molecule has 16 heavy (non-hydrogen) atoms. The van der Waals surface area contributed by atoms with Crippen LogP contribution in [0.5, 0.6) is 0 Å². The van der Waals surface area contributed by atoms with Crippen molar-refractivity contribution >= 4 is 23.0 Å². The molecule has 0 saturated heterocycles. The Morgan fingerprint density at radius 3 is 3.06 bits per heavy atom. The molecule has 1 aromatic rings. The van der Waals surface area contributed by atoms with Crippen LogP contribution in [-0.4, -0.2) is 24.1 Å². The zero-order chi connectivity index (χ0) is 11.4. The molecule has 2 heterocycles. The molecule has 0 fully saturated rings. The fraction of sp³-hybridized carbons (Fsp3) is 0.583. The lowest BCUT2D eigenvalue weighted by molar-refractivity contribution is 0.224. The molecule has 0 saturated carbocycles. The number of nitrogens with zero attached hydrogens (tertiary/aromatic N) is 2. The zero-order valence-electron chi connectivity index (χ0n) is 9.90. The van der Waals surface area contributed by atoms with E-state index >= 15 is 0 Å². The Balaban J connectivity index is 2.15. The van der Waals surface area contributed by atoms with Crippen LogP contribution in [0.4, 0.5) is 5.69 Å². The summed E-state index contributed by atoms with van der Waals surface area (Å²) >= 11 is 1.78. The Kier molecular flexibility index (Phi) is 3.83. The van der Waals surface area contributed by atoms with Gasteiger partial charge in [0.2, 0.25) is 0 Å². The second-order valence-corrected chi connectivity index (χ2v) is 4.89. The van der Waals surface area contributed by atoms with Gasteiger partial charge in [0.25, 0.3) is 6.02 Å². The Hall–Kier alpha value is -1.03. The quantitative estimate of drug-likeness (QED) is 0.803. The maximum absolute atomic E-state index is 5.70. The van der Waals surface area contributed by atoms with Crippen molar-refractivity contribution < 1.29 is 4.74 Å². The average molecular weight is 238 g/mol. The van der Waals surface area contributed by atoms with Crippen molar-refractivity contribution in [3.05, 3.63) is 16.3 Å². The zero-order valence-corrected chi connectivity index (χ0v) is 10.7. The molecule has 0 radical (unpaired) electrons. The van der Waals surface area contributed by atoms with Gasteiger partial charge in [0.1, 0.15) is 0 Å². The van der Waals surface area contributed by atoms with Crippen LogP contribution in [0, 0.1) is 0 Å². The molecule has 4 heteroatoms. The van der Waals surface area contributed by atoms with E-state index in [1.54, 1.807) is 11.3 Å². The second kappa shape index (κ2) is 5.34. The van der Waals surface area contributed by atoms with Crippen molar-refractivity contribution in [2.24, 2.45) is 4.99 Å². The van der Waals surface area contributed by atoms with Crippen LogP contribution >= 0.6 is 11.3 Å². The second-order valence-electron chi connectivity index (χ2n) is 3.89. The van der Waals surface area contributed by atoms with Gasteiger partial charge in [-0.05, 0) is 24.3 Å². The third-order valence-corrected chi connectivity index (χ3v) is 3.37. The van der Waals surface area contributed by atoms with Crippen LogP contribution in [0.2, 0.25) is 0 Å². The molecule has 3 nitrogen and oxygen atoms in total. The fourth-order valence-corrected chi connectivity index (χ4v) is 2.55. The Morgan fingerprint density at radius 1 is 1.44 bits per heavy atom. The average Bonchev–Trinajstić information content (AvgIpc) is 2.73. The number of hydrogen-bond acceptors (Lipinski definition) is 4. The molecule has 1 aliphatic rings. The van der Waals surface area contributed by atoms with Gasteiger partial charge in [-0.2, -0.15) is 4.99 Å². The summed E-state index contributed by atoms with van der Waals surface area (Å²) in [6, 6.07) is 2.87. The molecule has 0 aliphatic carbocycles. The number of aliphatic imine (C=N–C) groups is 1. The van der Waals surface area contributed by atoms with Crippen LogP contribution in [-0.2, 0) is 11.3 Å². The fourth-order valence-electron chi connectivity index (χ4n) is 1.73. The predicted molar refractivity (Wildman–Crippen MR) is 68.4 cm³/mol. The van der Waals surface area contributed by atoms with E-state index in [9.17, 15) is 0 Å². The van der Waals surface area contributed by atoms with E-state index < -0.39 is 0 Å². The summed E-state index contributed by atoms with van der Waals surface area (Å²) in [7, 11) is 0. The first-order chi connectivity index (χ1) is 7.85. The third kappa shape index (κ3) is 2.38. The summed E-state index contributed by atoms with van der Waals surface area (Å²) in [5, 5.41) is 2.10. The Labute approximate surface area is 101 Å². The van der Waals surface area contributed by atoms with Crippen molar-refractivity contribution in [1.82, 2.24) is 4.90 Å². The SMILES string of the molecule is CCCOC1=Nc2ccsc2CN1CCC. The van der Waals surface area contributed by atoms with Gasteiger partial charge in [-0.15, -0.1) is 11.3 Å². The first-order valence-electron chi connectivity index (χ1n) is 5.88. The van der Waals surface area contributed by atoms with Gasteiger partial charge in [0.15, 0.2) is 0 Å². The van der Waals surface area contributed by atoms with Crippen molar-refractivity contribution in [1.29, 1.82) is 0 Å². The molecular formula is C12H18N2OS. The van der Waals surface area contributed by atoms with E-state index in [0.717, 1.165) is 44.2 Å². The summed E-state index contributed by atoms with van der Waals surface area (Å²) in [6.45, 7) is 7.01. The largest absolute Gasteiger partial charge is 0.465 e. The summed E-state index contributed by atoms with van der Waals surface area (Å²) in [6.07, 6.45) is 2.14. The normalized spacial score (nSPS) is 14.6. The maximum Gasteiger partial charge on any atom is 0.292 e. The number of ether oxygens (including phenoxy) is 1. The van der Waals surface area contributed by atoms with Gasteiger partial charge in [0, 0.05) is 11.4 Å². The number of rotatable bonds is 4. The smallest absolute Gasteiger partial charge is 0.292 e. The molecular weight excluding hydrogens is 220 g/mol. The van der Waals surface area contributed by atoms with E-state index in [4.69, 9.17) is 4.74 Å². The molecule has 2 rings (SSSR count). The molecule has 1 aromatic heterocycles. The Bertz CT molecular complexity index is 373. The van der Waals surface area contributed by atoms with E-state index in [0.29, 0.717) is 0 Å². The number of hydrogen-bond donors (Lipinski definition) is 0. The Morgan fingerprint density at radius 2 is 2.31 bits per heavy atom. The molecule has 0 atom stereocenters. The van der Waals surface area contributed by atoms with E-state index in [1.807, 2.05) is 0 Å². The lowest BCUT2D eigenvalue weighted by Crippen LogP contribution is -2.34. The summed E-state index contributed by atoms with van der Waals surface area (Å²) in [5.41, 5.74) is 1.09. The van der Waals surface area contributed by atoms with Gasteiger partial charge in [-0.25, -0.2) is 0 Å². The molecule has 0 amide bonds. The first kappa shape index (κ1) is 11.5. The number of fused-ring (bicyclic) bond motifs is 1. The molecule has 1 aliphatic heterocycles. The van der Waals surface area contributed by atoms with E-state index in [1.165, 1.54) is 4.88 Å². The van der Waals surface area contributed by atoms with Gasteiger partial charge in [0.05, 0.1) is 18.8 Å². The third-order valence-electron chi connectivity index (χ3n) is 2.47. The first-order valence-corrected chi connectivity index (χ1v) is 6.76.